The van der Waals surface area contributed by atoms with Gasteiger partial charge in [-0.1, -0.05) is 0 Å². The van der Waals surface area contributed by atoms with Crippen LogP contribution in [-0.4, -0.2) is 46.9 Å². The molecule has 1 aromatic heterocycles. The predicted octanol–water partition coefficient (Wildman–Crippen LogP) is 4.63. The third-order valence-electron chi connectivity index (χ3n) is 5.29. The van der Waals surface area contributed by atoms with E-state index in [9.17, 15) is 9.50 Å². The molecule has 0 amide bonds. The highest BCUT2D eigenvalue weighted by Crippen LogP contribution is 2.29. The second-order valence-corrected chi connectivity index (χ2v) is 7.03. The molecule has 0 unspecified atom stereocenters. The van der Waals surface area contributed by atoms with Crippen LogP contribution < -0.4 is 4.74 Å². The van der Waals surface area contributed by atoms with Gasteiger partial charge in [0.2, 0.25) is 0 Å². The van der Waals surface area contributed by atoms with E-state index < -0.39 is 0 Å². The average molecular weight is 381 g/mol. The van der Waals surface area contributed by atoms with E-state index in [0.717, 1.165) is 17.5 Å². The summed E-state index contributed by atoms with van der Waals surface area (Å²) in [6, 6.07) is 12.7. The molecule has 3 aromatic rings. The number of hydrogen-bond donors (Lipinski definition) is 2. The van der Waals surface area contributed by atoms with Gasteiger partial charge in [-0.25, -0.2) is 4.39 Å². The van der Waals surface area contributed by atoms with Crippen molar-refractivity contribution in [3.8, 4) is 11.6 Å². The van der Waals surface area contributed by atoms with Gasteiger partial charge in [-0.3, -0.25) is 4.99 Å². The van der Waals surface area contributed by atoms with E-state index in [-0.39, 0.29) is 11.7 Å². The van der Waals surface area contributed by atoms with Gasteiger partial charge in [-0.2, -0.15) is 0 Å². The Morgan fingerprint density at radius 1 is 1.21 bits per heavy atom. The number of halogens is 1. The summed E-state index contributed by atoms with van der Waals surface area (Å²) in [5.74, 6) is 0.394. The maximum Gasteiger partial charge on any atom is 0.198 e. The number of piperidine rings is 1. The van der Waals surface area contributed by atoms with Crippen molar-refractivity contribution in [2.45, 2.75) is 25.8 Å². The number of ether oxygens (including phenoxy) is 1. The van der Waals surface area contributed by atoms with Crippen LogP contribution in [0.1, 0.15) is 25.3 Å². The number of aromatic hydroxyl groups is 1. The smallest absolute Gasteiger partial charge is 0.198 e. The zero-order valence-electron chi connectivity index (χ0n) is 15.9. The number of fused-ring (bicyclic) bond motifs is 2. The van der Waals surface area contributed by atoms with Crippen molar-refractivity contribution < 1.29 is 14.2 Å². The third kappa shape index (κ3) is 3.87. The fourth-order valence-corrected chi connectivity index (χ4v) is 3.49. The molecule has 28 heavy (non-hydrogen) atoms. The van der Waals surface area contributed by atoms with Crippen LogP contribution in [0.2, 0.25) is 0 Å². The van der Waals surface area contributed by atoms with E-state index in [1.807, 2.05) is 31.2 Å². The summed E-state index contributed by atoms with van der Waals surface area (Å²) < 4.78 is 18.5. The van der Waals surface area contributed by atoms with E-state index >= 15 is 0 Å². The summed E-state index contributed by atoms with van der Waals surface area (Å²) in [7, 11) is 0. The number of nitrogens with zero attached hydrogens (tertiary/aromatic N) is 2. The van der Waals surface area contributed by atoms with Crippen LogP contribution in [-0.2, 0) is 0 Å². The zero-order valence-corrected chi connectivity index (χ0v) is 15.9. The first kappa shape index (κ1) is 18.5. The van der Waals surface area contributed by atoms with Crippen molar-refractivity contribution in [3.63, 3.8) is 0 Å². The first-order valence-electron chi connectivity index (χ1n) is 9.65. The largest absolute Gasteiger partial charge is 0.494 e. The van der Waals surface area contributed by atoms with Crippen molar-refractivity contribution in [1.29, 1.82) is 0 Å². The van der Waals surface area contributed by atoms with E-state index in [4.69, 9.17) is 4.74 Å². The normalized spacial score (nSPS) is 16.2. The number of benzene rings is 2. The van der Waals surface area contributed by atoms with Crippen LogP contribution in [0.25, 0.3) is 10.9 Å². The van der Waals surface area contributed by atoms with Gasteiger partial charge < -0.3 is 19.7 Å². The maximum absolute atomic E-state index is 13.2. The highest BCUT2D eigenvalue weighted by atomic mass is 19.1. The molecule has 2 N–H and O–H groups in total. The molecule has 0 radical (unpaired) electrons. The highest BCUT2D eigenvalue weighted by Gasteiger charge is 2.34. The molecule has 2 aliphatic rings. The topological polar surface area (TPSA) is 60.9 Å². The fourth-order valence-electron chi connectivity index (χ4n) is 3.49. The molecule has 5 nitrogen and oxygen atoms in total. The van der Waals surface area contributed by atoms with Gasteiger partial charge in [0.15, 0.2) is 5.88 Å². The Kier molecular flexibility index (Phi) is 5.30. The van der Waals surface area contributed by atoms with Crippen molar-refractivity contribution >= 4 is 22.8 Å². The van der Waals surface area contributed by atoms with E-state index in [0.29, 0.717) is 23.1 Å². The summed E-state index contributed by atoms with van der Waals surface area (Å²) in [6.45, 7) is 5.33. The Bertz CT molecular complexity index is 963. The molecule has 3 heterocycles. The fraction of sp³-hybridized carbons (Fsp3) is 0.318. The van der Waals surface area contributed by atoms with Gasteiger partial charge in [0.1, 0.15) is 11.6 Å². The number of hydrogen-bond acceptors (Lipinski definition) is 4. The van der Waals surface area contributed by atoms with E-state index in [2.05, 4.69) is 14.9 Å². The van der Waals surface area contributed by atoms with Gasteiger partial charge in [-0.15, -0.1) is 0 Å². The number of aliphatic imine (C=N–C) groups is 1. The summed E-state index contributed by atoms with van der Waals surface area (Å²) in [4.78, 5) is 9.59. The van der Waals surface area contributed by atoms with Gasteiger partial charge in [0, 0.05) is 17.6 Å². The Balaban J connectivity index is 0.000000268. The first-order valence-corrected chi connectivity index (χ1v) is 9.65. The van der Waals surface area contributed by atoms with Crippen molar-refractivity contribution in [2.24, 2.45) is 4.99 Å². The average Bonchev–Trinajstić information content (AvgIpc) is 2.99. The SMILES string of the molecule is C1CN2CCC12.CCOc1ccc(N=Cc2c(O)[nH]c3cc(F)ccc23)cc1. The first-order chi connectivity index (χ1) is 13.6. The van der Waals surface area contributed by atoms with Crippen LogP contribution >= 0.6 is 0 Å². The Hall–Kier alpha value is -2.86. The molecule has 0 saturated carbocycles. The molecule has 0 spiro atoms. The van der Waals surface area contributed by atoms with E-state index in [1.165, 1.54) is 38.1 Å². The van der Waals surface area contributed by atoms with Crippen LogP contribution in [0.5, 0.6) is 11.6 Å². The minimum atomic E-state index is -0.358. The number of nitrogens with one attached hydrogen (secondary N) is 1. The molecule has 6 heteroatoms. The van der Waals surface area contributed by atoms with Crippen LogP contribution in [0.4, 0.5) is 10.1 Å². The monoisotopic (exact) mass is 381 g/mol. The van der Waals surface area contributed by atoms with Crippen LogP contribution in [0.3, 0.4) is 0 Å². The molecule has 2 aliphatic heterocycles. The zero-order chi connectivity index (χ0) is 19.5. The standard InChI is InChI=1S/C17H15FN2O2.C5H9N/c1-2-22-13-6-4-12(5-7-13)19-10-15-14-8-3-11(18)9-16(14)20-17(15)21;1-3-6-4-2-5(1)6/h3-10,20-21H,2H2,1H3;5H,1-4H2. The minimum Gasteiger partial charge on any atom is -0.494 e. The molecular formula is C22H24FN3O2. The van der Waals surface area contributed by atoms with Gasteiger partial charge >= 0.3 is 0 Å². The molecular weight excluding hydrogens is 357 g/mol. The number of rotatable bonds is 4. The molecule has 0 aliphatic carbocycles. The van der Waals surface area contributed by atoms with Gasteiger partial charge in [0.25, 0.3) is 0 Å². The van der Waals surface area contributed by atoms with Gasteiger partial charge in [-0.05, 0) is 75.3 Å². The van der Waals surface area contributed by atoms with Crippen molar-refractivity contribution in [2.75, 3.05) is 19.7 Å². The molecule has 5 rings (SSSR count). The Morgan fingerprint density at radius 2 is 1.93 bits per heavy atom. The van der Waals surface area contributed by atoms with Crippen LogP contribution in [0, 0.1) is 5.82 Å². The second kappa shape index (κ2) is 8.02. The van der Waals surface area contributed by atoms with Gasteiger partial charge in [0.05, 0.1) is 23.4 Å². The third-order valence-corrected chi connectivity index (χ3v) is 5.29. The predicted molar refractivity (Wildman–Crippen MR) is 109 cm³/mol. The quantitative estimate of drug-likeness (QED) is 0.648. The summed E-state index contributed by atoms with van der Waals surface area (Å²) in [6.07, 6.45) is 4.53. The number of aromatic nitrogens is 1. The molecule has 146 valence electrons. The molecule has 0 atom stereocenters. The molecule has 0 bridgehead atoms. The molecule has 2 saturated heterocycles. The lowest BCUT2D eigenvalue weighted by Gasteiger charge is -2.50. The lowest BCUT2D eigenvalue weighted by Crippen LogP contribution is -2.57. The van der Waals surface area contributed by atoms with Crippen molar-refractivity contribution in [1.82, 2.24) is 9.88 Å². The van der Waals surface area contributed by atoms with Crippen LogP contribution in [0.15, 0.2) is 47.5 Å². The Labute approximate surface area is 163 Å². The highest BCUT2D eigenvalue weighted by molar-refractivity contribution is 6.02. The lowest BCUT2D eigenvalue weighted by atomic mass is 9.91. The molecule has 2 aromatic carbocycles. The Morgan fingerprint density at radius 3 is 2.50 bits per heavy atom. The number of H-pyrrole nitrogens is 1. The van der Waals surface area contributed by atoms with Crippen molar-refractivity contribution in [3.05, 3.63) is 53.8 Å². The van der Waals surface area contributed by atoms with E-state index in [1.54, 1.807) is 12.3 Å². The summed E-state index contributed by atoms with van der Waals surface area (Å²) >= 11 is 0. The lowest BCUT2D eigenvalue weighted by molar-refractivity contribution is -0.00222. The minimum absolute atomic E-state index is 0.0321. The maximum atomic E-state index is 13.2. The molecule has 2 fully saturated rings. The summed E-state index contributed by atoms with van der Waals surface area (Å²) in [5, 5.41) is 10.6. The summed E-state index contributed by atoms with van der Waals surface area (Å²) in [5.41, 5.74) is 1.80. The second-order valence-electron chi connectivity index (χ2n) is 7.03. The number of aromatic amines is 1.